The van der Waals surface area contributed by atoms with E-state index in [-0.39, 0.29) is 0 Å². The van der Waals surface area contributed by atoms with E-state index in [1.54, 1.807) is 0 Å². The van der Waals surface area contributed by atoms with Crippen molar-refractivity contribution >= 4 is 23.1 Å². The van der Waals surface area contributed by atoms with Crippen LogP contribution >= 0.6 is 0 Å². The first-order valence-electron chi connectivity index (χ1n) is 9.42. The van der Waals surface area contributed by atoms with Crippen LogP contribution in [-0.2, 0) is 0 Å². The molecule has 0 aliphatic carbocycles. The standard InChI is InChI=1S/C20H29N5/c1-4-24(5-2)18-11-9-17(10-12-18)22-20-21-16(3)15-19(23-20)25-13-7-6-8-14-25/h9-12,15H,4-8,13-14H2,1-3H3,(H,21,22,23). The molecule has 2 heterocycles. The molecule has 1 aliphatic heterocycles. The van der Waals surface area contributed by atoms with Gasteiger partial charge in [-0.2, -0.15) is 4.98 Å². The van der Waals surface area contributed by atoms with Gasteiger partial charge in [-0.15, -0.1) is 0 Å². The number of hydrogen-bond donors (Lipinski definition) is 1. The summed E-state index contributed by atoms with van der Waals surface area (Å²) < 4.78 is 0. The van der Waals surface area contributed by atoms with E-state index in [0.717, 1.165) is 43.4 Å². The molecule has 0 unspecified atom stereocenters. The molecule has 0 atom stereocenters. The average molecular weight is 339 g/mol. The molecule has 3 rings (SSSR count). The monoisotopic (exact) mass is 339 g/mol. The molecule has 5 nitrogen and oxygen atoms in total. The van der Waals surface area contributed by atoms with Gasteiger partial charge in [-0.25, -0.2) is 4.98 Å². The molecule has 1 aromatic carbocycles. The molecule has 25 heavy (non-hydrogen) atoms. The molecular formula is C20H29N5. The van der Waals surface area contributed by atoms with Crippen LogP contribution in [0.2, 0.25) is 0 Å². The Morgan fingerprint density at radius 3 is 2.32 bits per heavy atom. The van der Waals surface area contributed by atoms with E-state index in [1.807, 2.05) is 6.92 Å². The largest absolute Gasteiger partial charge is 0.372 e. The van der Waals surface area contributed by atoms with Gasteiger partial charge in [0.2, 0.25) is 5.95 Å². The van der Waals surface area contributed by atoms with E-state index in [4.69, 9.17) is 4.98 Å². The van der Waals surface area contributed by atoms with Gasteiger partial charge in [-0.1, -0.05) is 0 Å². The number of aromatic nitrogens is 2. The van der Waals surface area contributed by atoms with Crippen molar-refractivity contribution in [3.63, 3.8) is 0 Å². The smallest absolute Gasteiger partial charge is 0.229 e. The van der Waals surface area contributed by atoms with Gasteiger partial charge >= 0.3 is 0 Å². The molecule has 1 fully saturated rings. The lowest BCUT2D eigenvalue weighted by Crippen LogP contribution is -2.30. The molecule has 0 amide bonds. The van der Waals surface area contributed by atoms with Gasteiger partial charge in [-0.05, 0) is 64.3 Å². The van der Waals surface area contributed by atoms with Crippen LogP contribution in [-0.4, -0.2) is 36.1 Å². The predicted octanol–water partition coefficient (Wildman–Crippen LogP) is 4.37. The summed E-state index contributed by atoms with van der Waals surface area (Å²) in [4.78, 5) is 14.0. The maximum atomic E-state index is 4.74. The summed E-state index contributed by atoms with van der Waals surface area (Å²) in [6.07, 6.45) is 3.82. The van der Waals surface area contributed by atoms with Gasteiger partial charge in [0.25, 0.3) is 0 Å². The first-order valence-corrected chi connectivity index (χ1v) is 9.42. The van der Waals surface area contributed by atoms with E-state index in [9.17, 15) is 0 Å². The Labute approximate surface area is 151 Å². The number of nitrogens with one attached hydrogen (secondary N) is 1. The van der Waals surface area contributed by atoms with E-state index >= 15 is 0 Å². The van der Waals surface area contributed by atoms with Crippen molar-refractivity contribution in [2.45, 2.75) is 40.0 Å². The zero-order chi connectivity index (χ0) is 17.6. The van der Waals surface area contributed by atoms with Gasteiger partial charge in [0.1, 0.15) is 5.82 Å². The molecule has 1 aromatic heterocycles. The molecule has 5 heteroatoms. The highest BCUT2D eigenvalue weighted by Crippen LogP contribution is 2.23. The van der Waals surface area contributed by atoms with Crippen LogP contribution in [0.1, 0.15) is 38.8 Å². The van der Waals surface area contributed by atoms with Crippen LogP contribution in [0.15, 0.2) is 30.3 Å². The zero-order valence-corrected chi connectivity index (χ0v) is 15.6. The minimum atomic E-state index is 0.677. The van der Waals surface area contributed by atoms with Gasteiger partial charge < -0.3 is 15.1 Å². The highest BCUT2D eigenvalue weighted by Gasteiger charge is 2.14. The maximum Gasteiger partial charge on any atom is 0.229 e. The second kappa shape index (κ2) is 8.19. The summed E-state index contributed by atoms with van der Waals surface area (Å²) in [5, 5.41) is 3.36. The highest BCUT2D eigenvalue weighted by atomic mass is 15.2. The highest BCUT2D eigenvalue weighted by molar-refractivity contribution is 5.60. The third-order valence-corrected chi connectivity index (χ3v) is 4.77. The number of hydrogen-bond acceptors (Lipinski definition) is 5. The molecule has 2 aromatic rings. The maximum absolute atomic E-state index is 4.74. The fourth-order valence-corrected chi connectivity index (χ4v) is 3.37. The molecule has 0 bridgehead atoms. The first kappa shape index (κ1) is 17.5. The Morgan fingerprint density at radius 2 is 1.68 bits per heavy atom. The lowest BCUT2D eigenvalue weighted by molar-refractivity contribution is 0.573. The van der Waals surface area contributed by atoms with Crippen LogP contribution in [0.4, 0.5) is 23.1 Å². The number of benzene rings is 1. The third kappa shape index (κ3) is 4.41. The van der Waals surface area contributed by atoms with E-state index in [1.165, 1.54) is 24.9 Å². The predicted molar refractivity (Wildman–Crippen MR) is 106 cm³/mol. The summed E-state index contributed by atoms with van der Waals surface area (Å²) in [5.74, 6) is 1.71. The van der Waals surface area contributed by atoms with Crippen LogP contribution in [0.3, 0.4) is 0 Å². The topological polar surface area (TPSA) is 44.3 Å². The van der Waals surface area contributed by atoms with Crippen molar-refractivity contribution in [3.8, 4) is 0 Å². The van der Waals surface area contributed by atoms with Gasteiger partial charge in [-0.3, -0.25) is 0 Å². The summed E-state index contributed by atoms with van der Waals surface area (Å²) >= 11 is 0. The Balaban J connectivity index is 1.75. The number of anilines is 4. The summed E-state index contributed by atoms with van der Waals surface area (Å²) in [6, 6.07) is 10.6. The lowest BCUT2D eigenvalue weighted by atomic mass is 10.1. The van der Waals surface area contributed by atoms with Crippen LogP contribution in [0.5, 0.6) is 0 Å². The fourth-order valence-electron chi connectivity index (χ4n) is 3.37. The minimum Gasteiger partial charge on any atom is -0.372 e. The number of piperidine rings is 1. The van der Waals surface area contributed by atoms with Crippen LogP contribution in [0.25, 0.3) is 0 Å². The third-order valence-electron chi connectivity index (χ3n) is 4.77. The van der Waals surface area contributed by atoms with Crippen molar-refractivity contribution < 1.29 is 0 Å². The zero-order valence-electron chi connectivity index (χ0n) is 15.6. The van der Waals surface area contributed by atoms with Crippen LogP contribution < -0.4 is 15.1 Å². The molecule has 1 aliphatic rings. The summed E-state index contributed by atoms with van der Waals surface area (Å²) in [5.41, 5.74) is 3.26. The van der Waals surface area contributed by atoms with Crippen molar-refractivity contribution in [1.82, 2.24) is 9.97 Å². The van der Waals surface area contributed by atoms with Crippen molar-refractivity contribution in [1.29, 1.82) is 0 Å². The Hall–Kier alpha value is -2.30. The van der Waals surface area contributed by atoms with Crippen molar-refractivity contribution in [2.75, 3.05) is 41.3 Å². The first-order chi connectivity index (χ1) is 12.2. The molecule has 0 spiro atoms. The second-order valence-corrected chi connectivity index (χ2v) is 6.58. The molecule has 0 radical (unpaired) electrons. The molecule has 0 saturated carbocycles. The Bertz CT molecular complexity index is 673. The van der Waals surface area contributed by atoms with Gasteiger partial charge in [0, 0.05) is 49.3 Å². The summed E-state index contributed by atoms with van der Waals surface area (Å²) in [6.45, 7) is 10.6. The van der Waals surface area contributed by atoms with E-state index in [0.29, 0.717) is 5.95 Å². The van der Waals surface area contributed by atoms with E-state index in [2.05, 4.69) is 64.3 Å². The van der Waals surface area contributed by atoms with Crippen LogP contribution in [0, 0.1) is 6.92 Å². The Morgan fingerprint density at radius 1 is 1.00 bits per heavy atom. The number of nitrogens with zero attached hydrogens (tertiary/aromatic N) is 4. The normalized spacial score (nSPS) is 14.4. The number of aryl methyl sites for hydroxylation is 1. The fraction of sp³-hybridized carbons (Fsp3) is 0.500. The summed E-state index contributed by atoms with van der Waals surface area (Å²) in [7, 11) is 0. The van der Waals surface area contributed by atoms with Crippen molar-refractivity contribution in [3.05, 3.63) is 36.0 Å². The SMILES string of the molecule is CCN(CC)c1ccc(Nc2nc(C)cc(N3CCCCC3)n2)cc1. The van der Waals surface area contributed by atoms with E-state index < -0.39 is 0 Å². The van der Waals surface area contributed by atoms with Crippen molar-refractivity contribution in [2.24, 2.45) is 0 Å². The molecular weight excluding hydrogens is 310 g/mol. The molecule has 1 saturated heterocycles. The average Bonchev–Trinajstić information content (AvgIpc) is 2.64. The quantitative estimate of drug-likeness (QED) is 0.847. The molecule has 1 N–H and O–H groups in total. The second-order valence-electron chi connectivity index (χ2n) is 6.58. The Kier molecular flexibility index (Phi) is 5.74. The lowest BCUT2D eigenvalue weighted by Gasteiger charge is -2.28. The molecule has 134 valence electrons. The minimum absolute atomic E-state index is 0.677. The number of rotatable bonds is 6. The van der Waals surface area contributed by atoms with Gasteiger partial charge in [0.05, 0.1) is 0 Å². The van der Waals surface area contributed by atoms with Gasteiger partial charge in [0.15, 0.2) is 0 Å².